The van der Waals surface area contributed by atoms with E-state index in [1.165, 1.54) is 0 Å². The molecule has 0 aromatic heterocycles. The van der Waals surface area contributed by atoms with Crippen molar-refractivity contribution in [2.24, 2.45) is 11.6 Å². The molecule has 3 aromatic carbocycles. The molecule has 0 amide bonds. The fourth-order valence-corrected chi connectivity index (χ4v) is 2.61. The van der Waals surface area contributed by atoms with Crippen LogP contribution in [0.25, 0.3) is 11.4 Å². The molecule has 0 spiro atoms. The number of ether oxygens (including phenoxy) is 1. The molecule has 0 aliphatic heterocycles. The van der Waals surface area contributed by atoms with Crippen molar-refractivity contribution in [3.05, 3.63) is 102 Å². The van der Waals surface area contributed by atoms with Gasteiger partial charge in [0, 0.05) is 11.1 Å². The summed E-state index contributed by atoms with van der Waals surface area (Å²) in [6, 6.07) is 27.4. The van der Waals surface area contributed by atoms with Gasteiger partial charge in [0.2, 0.25) is 0 Å². The van der Waals surface area contributed by atoms with E-state index in [9.17, 15) is 0 Å². The molecule has 0 unspecified atom stereocenters. The van der Waals surface area contributed by atoms with Gasteiger partial charge < -0.3 is 15.9 Å². The molecule has 25 heavy (non-hydrogen) atoms. The van der Waals surface area contributed by atoms with Crippen LogP contribution in [0, 0.1) is 0 Å². The van der Waals surface area contributed by atoms with Gasteiger partial charge in [-0.25, -0.2) is 0 Å². The number of hydrogen-bond donors (Lipinski definition) is 3. The Balaban J connectivity index is 1.92. The third-order valence-electron chi connectivity index (χ3n) is 3.89. The zero-order chi connectivity index (χ0) is 17.5. The Morgan fingerprint density at radius 3 is 2.08 bits per heavy atom. The quantitative estimate of drug-likeness (QED) is 0.367. The topological polar surface area (TPSA) is 73.3 Å². The van der Waals surface area contributed by atoms with Gasteiger partial charge >= 0.3 is 0 Å². The molecule has 0 fully saturated rings. The van der Waals surface area contributed by atoms with E-state index in [0.29, 0.717) is 23.8 Å². The summed E-state index contributed by atoms with van der Waals surface area (Å²) in [6.45, 7) is 0.474. The van der Waals surface area contributed by atoms with E-state index in [4.69, 9.17) is 16.3 Å². The SMILES string of the molecule is NN/C(=C(\N)c1ccccc1OCc1ccccc1)c1ccccc1. The zero-order valence-corrected chi connectivity index (χ0v) is 13.9. The van der Waals surface area contributed by atoms with Gasteiger partial charge in [0.1, 0.15) is 12.4 Å². The van der Waals surface area contributed by atoms with Gasteiger partial charge in [-0.15, -0.1) is 0 Å². The van der Waals surface area contributed by atoms with Crippen LogP contribution in [0.1, 0.15) is 16.7 Å². The van der Waals surface area contributed by atoms with E-state index in [1.807, 2.05) is 84.9 Å². The predicted octanol–water partition coefficient (Wildman–Crippen LogP) is 3.51. The first-order chi connectivity index (χ1) is 12.3. The second-order valence-electron chi connectivity index (χ2n) is 5.57. The smallest absolute Gasteiger partial charge is 0.129 e. The minimum absolute atomic E-state index is 0.474. The summed E-state index contributed by atoms with van der Waals surface area (Å²) in [7, 11) is 0. The molecular weight excluding hydrogens is 310 g/mol. The molecule has 0 atom stereocenters. The molecule has 4 nitrogen and oxygen atoms in total. The number of hydrazine groups is 1. The first-order valence-electron chi connectivity index (χ1n) is 8.07. The first kappa shape index (κ1) is 16.6. The lowest BCUT2D eigenvalue weighted by molar-refractivity contribution is 0.305. The second kappa shape index (κ2) is 8.04. The van der Waals surface area contributed by atoms with Crippen LogP contribution >= 0.6 is 0 Å². The Bertz CT molecular complexity index is 845. The molecule has 0 saturated carbocycles. The Morgan fingerprint density at radius 1 is 0.800 bits per heavy atom. The average Bonchev–Trinajstić information content (AvgIpc) is 2.69. The highest BCUT2D eigenvalue weighted by atomic mass is 16.5. The second-order valence-corrected chi connectivity index (χ2v) is 5.57. The van der Waals surface area contributed by atoms with Gasteiger partial charge in [0.25, 0.3) is 0 Å². The monoisotopic (exact) mass is 331 g/mol. The maximum atomic E-state index is 6.41. The molecule has 0 radical (unpaired) electrons. The van der Waals surface area contributed by atoms with Gasteiger partial charge in [-0.05, 0) is 17.7 Å². The highest BCUT2D eigenvalue weighted by molar-refractivity contribution is 5.89. The van der Waals surface area contributed by atoms with Crippen molar-refractivity contribution < 1.29 is 4.74 Å². The van der Waals surface area contributed by atoms with Crippen molar-refractivity contribution in [1.29, 1.82) is 0 Å². The molecule has 5 N–H and O–H groups in total. The fraction of sp³-hybridized carbons (Fsp3) is 0.0476. The molecule has 4 heteroatoms. The minimum Gasteiger partial charge on any atom is -0.488 e. The van der Waals surface area contributed by atoms with Crippen molar-refractivity contribution in [3.63, 3.8) is 0 Å². The Hall–Kier alpha value is -3.24. The Labute approximate surface area is 147 Å². The molecule has 0 heterocycles. The van der Waals surface area contributed by atoms with Crippen molar-refractivity contribution in [2.45, 2.75) is 6.61 Å². The third-order valence-corrected chi connectivity index (χ3v) is 3.89. The van der Waals surface area contributed by atoms with E-state index in [1.54, 1.807) is 0 Å². The number of nitrogens with one attached hydrogen (secondary N) is 1. The molecule has 0 aliphatic carbocycles. The van der Waals surface area contributed by atoms with Crippen LogP contribution in [0.2, 0.25) is 0 Å². The van der Waals surface area contributed by atoms with E-state index < -0.39 is 0 Å². The lowest BCUT2D eigenvalue weighted by atomic mass is 10.0. The number of rotatable bonds is 6. The summed E-state index contributed by atoms with van der Waals surface area (Å²) >= 11 is 0. The average molecular weight is 331 g/mol. The van der Waals surface area contributed by atoms with E-state index in [-0.39, 0.29) is 0 Å². The van der Waals surface area contributed by atoms with Crippen molar-refractivity contribution in [1.82, 2.24) is 5.43 Å². The highest BCUT2D eigenvalue weighted by Gasteiger charge is 2.12. The van der Waals surface area contributed by atoms with Gasteiger partial charge in [0.05, 0.1) is 11.4 Å². The van der Waals surface area contributed by atoms with Gasteiger partial charge in [-0.2, -0.15) is 0 Å². The number of nitrogens with two attached hydrogens (primary N) is 2. The van der Waals surface area contributed by atoms with E-state index in [2.05, 4.69) is 5.43 Å². The lowest BCUT2D eigenvalue weighted by Crippen LogP contribution is -2.23. The number of benzene rings is 3. The molecular formula is C21H21N3O. The summed E-state index contributed by atoms with van der Waals surface area (Å²) in [5.74, 6) is 6.44. The van der Waals surface area contributed by atoms with Gasteiger partial charge in [-0.1, -0.05) is 72.8 Å². The summed E-state index contributed by atoms with van der Waals surface area (Å²) < 4.78 is 5.99. The van der Waals surface area contributed by atoms with Crippen LogP contribution in [-0.4, -0.2) is 0 Å². The molecule has 3 rings (SSSR count). The highest BCUT2D eigenvalue weighted by Crippen LogP contribution is 2.28. The summed E-state index contributed by atoms with van der Waals surface area (Å²) in [4.78, 5) is 0. The Kier molecular flexibility index (Phi) is 5.34. The van der Waals surface area contributed by atoms with Crippen molar-refractivity contribution in [3.8, 4) is 5.75 Å². The van der Waals surface area contributed by atoms with Crippen LogP contribution in [0.3, 0.4) is 0 Å². The molecule has 0 saturated heterocycles. The van der Waals surface area contributed by atoms with Crippen molar-refractivity contribution >= 4 is 11.4 Å². The predicted molar refractivity (Wildman–Crippen MR) is 102 cm³/mol. The lowest BCUT2D eigenvalue weighted by Gasteiger charge is -2.16. The minimum atomic E-state index is 0.474. The molecule has 0 bridgehead atoms. The number of hydrogen-bond acceptors (Lipinski definition) is 4. The van der Waals surface area contributed by atoms with Crippen LogP contribution in [0.5, 0.6) is 5.75 Å². The van der Waals surface area contributed by atoms with E-state index >= 15 is 0 Å². The third kappa shape index (κ3) is 4.00. The summed E-state index contributed by atoms with van der Waals surface area (Å²) in [5, 5.41) is 0. The summed E-state index contributed by atoms with van der Waals surface area (Å²) in [6.07, 6.45) is 0. The largest absolute Gasteiger partial charge is 0.488 e. The zero-order valence-electron chi connectivity index (χ0n) is 13.9. The van der Waals surface area contributed by atoms with Crippen LogP contribution < -0.4 is 21.7 Å². The first-order valence-corrected chi connectivity index (χ1v) is 8.07. The maximum Gasteiger partial charge on any atom is 0.129 e. The maximum absolute atomic E-state index is 6.41. The van der Waals surface area contributed by atoms with Gasteiger partial charge in [-0.3, -0.25) is 5.84 Å². The van der Waals surface area contributed by atoms with Crippen LogP contribution in [-0.2, 0) is 6.61 Å². The molecule has 126 valence electrons. The normalized spacial score (nSPS) is 11.6. The van der Waals surface area contributed by atoms with E-state index in [0.717, 1.165) is 16.7 Å². The van der Waals surface area contributed by atoms with Crippen LogP contribution in [0.4, 0.5) is 0 Å². The molecule has 0 aliphatic rings. The Morgan fingerprint density at radius 2 is 1.40 bits per heavy atom. The van der Waals surface area contributed by atoms with Crippen molar-refractivity contribution in [2.75, 3.05) is 0 Å². The summed E-state index contributed by atoms with van der Waals surface area (Å²) in [5.41, 5.74) is 13.1. The van der Waals surface area contributed by atoms with Gasteiger partial charge in [0.15, 0.2) is 0 Å². The number of para-hydroxylation sites is 1. The molecule has 3 aromatic rings. The fourth-order valence-electron chi connectivity index (χ4n) is 2.61. The van der Waals surface area contributed by atoms with Crippen LogP contribution in [0.15, 0.2) is 84.9 Å². The standard InChI is InChI=1S/C21H21N3O/c22-20(21(24-23)17-11-5-2-6-12-17)18-13-7-8-14-19(18)25-15-16-9-3-1-4-10-16/h1-14,24H,15,22-23H2/b21-20-.